The summed E-state index contributed by atoms with van der Waals surface area (Å²) >= 11 is 0. The molecule has 170 valence electrons. The summed E-state index contributed by atoms with van der Waals surface area (Å²) < 4.78 is 0. The fourth-order valence-corrected chi connectivity index (χ4v) is 4.58. The standard InChI is InChI=1S/C30H22N2O3/c1-31-26-19-25(21-11-4-2-5-12-21)29(32(34)35)27(22-14-6-3-7-15-22)28(26)30(33)24-18-10-16-20-13-8-9-17-23(20)24/h2-19,31H,1H3. The first kappa shape index (κ1) is 22.0. The third-order valence-electron chi connectivity index (χ3n) is 6.16. The van der Waals surface area contributed by atoms with Crippen molar-refractivity contribution in [2.24, 2.45) is 0 Å². The molecular formula is C30H22N2O3. The molecule has 35 heavy (non-hydrogen) atoms. The maximum Gasteiger partial charge on any atom is 0.285 e. The molecule has 0 bridgehead atoms. The molecule has 0 amide bonds. The molecule has 0 spiro atoms. The SMILES string of the molecule is CNc1cc(-c2ccccc2)c([N+](=O)[O-])c(-c2ccccc2)c1C(=O)c1cccc2ccccc12. The molecule has 0 unspecified atom stereocenters. The number of nitrogens with zero attached hydrogens (tertiary/aromatic N) is 1. The Hall–Kier alpha value is -4.77. The van der Waals surface area contributed by atoms with Crippen molar-refractivity contribution in [2.45, 2.75) is 0 Å². The number of rotatable bonds is 6. The van der Waals surface area contributed by atoms with Crippen LogP contribution in [0.3, 0.4) is 0 Å². The van der Waals surface area contributed by atoms with Crippen LogP contribution in [0.5, 0.6) is 0 Å². The van der Waals surface area contributed by atoms with E-state index in [1.807, 2.05) is 84.9 Å². The highest BCUT2D eigenvalue weighted by atomic mass is 16.6. The summed E-state index contributed by atoms with van der Waals surface area (Å²) in [5.74, 6) is -0.271. The van der Waals surface area contributed by atoms with E-state index in [4.69, 9.17) is 0 Å². The predicted octanol–water partition coefficient (Wildman–Crippen LogP) is 7.35. The maximum absolute atomic E-state index is 14.2. The first-order chi connectivity index (χ1) is 17.1. The summed E-state index contributed by atoms with van der Waals surface area (Å²) in [6, 6.07) is 33.2. The van der Waals surface area contributed by atoms with Gasteiger partial charge in [-0.25, -0.2) is 0 Å². The Morgan fingerprint density at radius 3 is 2.03 bits per heavy atom. The number of carbonyl (C=O) groups excluding carboxylic acids is 1. The van der Waals surface area contributed by atoms with Crippen molar-refractivity contribution in [1.29, 1.82) is 0 Å². The molecule has 5 rings (SSSR count). The van der Waals surface area contributed by atoms with Gasteiger partial charge in [-0.15, -0.1) is 0 Å². The number of nitrogens with one attached hydrogen (secondary N) is 1. The molecule has 0 fully saturated rings. The molecule has 1 N–H and O–H groups in total. The number of ketones is 1. The Bertz CT molecular complexity index is 1560. The lowest BCUT2D eigenvalue weighted by Gasteiger charge is -2.18. The Morgan fingerprint density at radius 1 is 0.771 bits per heavy atom. The van der Waals surface area contributed by atoms with Gasteiger partial charge in [-0.05, 0) is 28.0 Å². The van der Waals surface area contributed by atoms with Gasteiger partial charge in [0.1, 0.15) is 0 Å². The van der Waals surface area contributed by atoms with Gasteiger partial charge in [0.25, 0.3) is 5.69 Å². The van der Waals surface area contributed by atoms with Crippen LogP contribution < -0.4 is 5.32 Å². The summed E-state index contributed by atoms with van der Waals surface area (Å²) in [4.78, 5) is 26.4. The van der Waals surface area contributed by atoms with Crippen LogP contribution >= 0.6 is 0 Å². The maximum atomic E-state index is 14.2. The van der Waals surface area contributed by atoms with Crippen molar-refractivity contribution >= 4 is 27.9 Å². The summed E-state index contributed by atoms with van der Waals surface area (Å²) in [6.45, 7) is 0. The van der Waals surface area contributed by atoms with Crippen LogP contribution in [0.1, 0.15) is 15.9 Å². The van der Waals surface area contributed by atoms with Crippen molar-refractivity contribution in [1.82, 2.24) is 0 Å². The lowest BCUT2D eigenvalue weighted by molar-refractivity contribution is -0.383. The Morgan fingerprint density at radius 2 is 1.37 bits per heavy atom. The van der Waals surface area contributed by atoms with Crippen LogP contribution in [-0.4, -0.2) is 17.8 Å². The van der Waals surface area contributed by atoms with Crippen molar-refractivity contribution in [2.75, 3.05) is 12.4 Å². The third-order valence-corrected chi connectivity index (χ3v) is 6.16. The number of nitro groups is 1. The van der Waals surface area contributed by atoms with Gasteiger partial charge >= 0.3 is 0 Å². The lowest BCUT2D eigenvalue weighted by atomic mass is 9.86. The monoisotopic (exact) mass is 458 g/mol. The fraction of sp³-hybridized carbons (Fsp3) is 0.0333. The topological polar surface area (TPSA) is 72.2 Å². The lowest BCUT2D eigenvalue weighted by Crippen LogP contribution is -2.11. The van der Waals surface area contributed by atoms with E-state index in [0.717, 1.165) is 10.8 Å². The fourth-order valence-electron chi connectivity index (χ4n) is 4.58. The Balaban J connectivity index is 1.90. The van der Waals surface area contributed by atoms with Crippen molar-refractivity contribution in [3.63, 3.8) is 0 Å². The average Bonchev–Trinajstić information content (AvgIpc) is 2.92. The molecular weight excluding hydrogens is 436 g/mol. The van der Waals surface area contributed by atoms with Gasteiger partial charge in [0.2, 0.25) is 0 Å². The average molecular weight is 459 g/mol. The van der Waals surface area contributed by atoms with Gasteiger partial charge in [-0.3, -0.25) is 14.9 Å². The number of hydrogen-bond donors (Lipinski definition) is 1. The quantitative estimate of drug-likeness (QED) is 0.164. The summed E-state index contributed by atoms with van der Waals surface area (Å²) in [5, 5.41) is 17.5. The minimum Gasteiger partial charge on any atom is -0.387 e. The second-order valence-electron chi connectivity index (χ2n) is 8.17. The second kappa shape index (κ2) is 9.23. The summed E-state index contributed by atoms with van der Waals surface area (Å²) in [6.07, 6.45) is 0. The second-order valence-corrected chi connectivity index (χ2v) is 8.17. The number of carbonyl (C=O) groups is 1. The zero-order chi connectivity index (χ0) is 24.4. The largest absolute Gasteiger partial charge is 0.387 e. The van der Waals surface area contributed by atoms with Crippen LogP contribution in [0.4, 0.5) is 11.4 Å². The van der Waals surface area contributed by atoms with E-state index in [0.29, 0.717) is 33.5 Å². The summed E-state index contributed by atoms with van der Waals surface area (Å²) in [5.41, 5.74) is 3.29. The highest BCUT2D eigenvalue weighted by Gasteiger charge is 2.31. The zero-order valence-corrected chi connectivity index (χ0v) is 19.1. The molecule has 5 aromatic rings. The molecule has 5 nitrogen and oxygen atoms in total. The highest BCUT2D eigenvalue weighted by Crippen LogP contribution is 2.45. The zero-order valence-electron chi connectivity index (χ0n) is 19.1. The van der Waals surface area contributed by atoms with Crippen molar-refractivity contribution < 1.29 is 9.72 Å². The normalized spacial score (nSPS) is 10.8. The van der Waals surface area contributed by atoms with Gasteiger partial charge in [-0.1, -0.05) is 103 Å². The van der Waals surface area contributed by atoms with Crippen molar-refractivity contribution in [3.05, 3.63) is 130 Å². The number of hydrogen-bond acceptors (Lipinski definition) is 4. The van der Waals surface area contributed by atoms with Gasteiger partial charge in [0, 0.05) is 18.3 Å². The molecule has 0 aliphatic carbocycles. The van der Waals surface area contributed by atoms with E-state index in [-0.39, 0.29) is 22.0 Å². The van der Waals surface area contributed by atoms with E-state index in [1.54, 1.807) is 31.3 Å². The minimum atomic E-state index is -0.385. The molecule has 0 heterocycles. The van der Waals surface area contributed by atoms with Crippen LogP contribution in [-0.2, 0) is 0 Å². The third kappa shape index (κ3) is 3.93. The highest BCUT2D eigenvalue weighted by molar-refractivity contribution is 6.23. The van der Waals surface area contributed by atoms with Gasteiger partial charge < -0.3 is 5.32 Å². The number of anilines is 1. The minimum absolute atomic E-state index is 0.0926. The summed E-state index contributed by atoms with van der Waals surface area (Å²) in [7, 11) is 1.73. The molecule has 0 saturated heterocycles. The Labute approximate surface area is 202 Å². The van der Waals surface area contributed by atoms with Crippen LogP contribution in [0.15, 0.2) is 109 Å². The smallest absolute Gasteiger partial charge is 0.285 e. The van der Waals surface area contributed by atoms with Crippen LogP contribution in [0, 0.1) is 10.1 Å². The van der Waals surface area contributed by atoms with E-state index in [9.17, 15) is 14.9 Å². The van der Waals surface area contributed by atoms with Crippen LogP contribution in [0.25, 0.3) is 33.0 Å². The molecule has 5 aromatic carbocycles. The van der Waals surface area contributed by atoms with E-state index in [2.05, 4.69) is 5.32 Å². The number of nitro benzene ring substituents is 1. The molecule has 0 saturated carbocycles. The number of benzene rings is 5. The molecule has 0 atom stereocenters. The van der Waals surface area contributed by atoms with Crippen molar-refractivity contribution in [3.8, 4) is 22.3 Å². The van der Waals surface area contributed by atoms with E-state index >= 15 is 0 Å². The molecule has 0 aliphatic heterocycles. The van der Waals surface area contributed by atoms with E-state index < -0.39 is 0 Å². The first-order valence-corrected chi connectivity index (χ1v) is 11.3. The van der Waals surface area contributed by atoms with E-state index in [1.165, 1.54) is 0 Å². The number of fused-ring (bicyclic) bond motifs is 1. The molecule has 0 aromatic heterocycles. The molecule has 0 aliphatic rings. The van der Waals surface area contributed by atoms with Gasteiger partial charge in [0.05, 0.1) is 21.6 Å². The van der Waals surface area contributed by atoms with Gasteiger partial charge in [-0.2, -0.15) is 0 Å². The predicted molar refractivity (Wildman–Crippen MR) is 141 cm³/mol. The van der Waals surface area contributed by atoms with Crippen LogP contribution in [0.2, 0.25) is 0 Å². The molecule has 0 radical (unpaired) electrons. The first-order valence-electron chi connectivity index (χ1n) is 11.3. The van der Waals surface area contributed by atoms with Gasteiger partial charge in [0.15, 0.2) is 5.78 Å². The molecule has 5 heteroatoms. The Kier molecular flexibility index (Phi) is 5.81.